The highest BCUT2D eigenvalue weighted by molar-refractivity contribution is 5.84. The molecule has 7 nitrogen and oxygen atoms in total. The van der Waals surface area contributed by atoms with Gasteiger partial charge in [0, 0.05) is 37.1 Å². The maximum atomic E-state index is 12.2. The minimum absolute atomic E-state index is 0.157. The third-order valence-corrected chi connectivity index (χ3v) is 4.79. The Morgan fingerprint density at radius 3 is 2.36 bits per heavy atom. The lowest BCUT2D eigenvalue weighted by Crippen LogP contribution is -2.47. The van der Waals surface area contributed by atoms with Crippen LogP contribution < -0.4 is 20.9 Å². The molecule has 3 amide bonds. The van der Waals surface area contributed by atoms with Crippen molar-refractivity contribution in [3.8, 4) is 0 Å². The molecule has 1 aliphatic rings. The molecule has 0 bridgehead atoms. The van der Waals surface area contributed by atoms with Gasteiger partial charge in [-0.05, 0) is 42.7 Å². The van der Waals surface area contributed by atoms with Gasteiger partial charge in [-0.1, -0.05) is 30.3 Å². The van der Waals surface area contributed by atoms with E-state index in [2.05, 4.69) is 37.7 Å². The molecular weight excluding hydrogens is 356 g/mol. The van der Waals surface area contributed by atoms with Crippen LogP contribution in [-0.4, -0.2) is 38.4 Å². The van der Waals surface area contributed by atoms with E-state index in [1.54, 1.807) is 12.1 Å². The molecule has 0 aliphatic carbocycles. The Kier molecular flexibility index (Phi) is 6.73. The van der Waals surface area contributed by atoms with Crippen molar-refractivity contribution in [1.82, 2.24) is 10.6 Å². The molecule has 1 fully saturated rings. The molecule has 2 aromatic rings. The van der Waals surface area contributed by atoms with Crippen LogP contribution in [0.1, 0.15) is 18.4 Å². The molecule has 1 saturated heterocycles. The van der Waals surface area contributed by atoms with Crippen molar-refractivity contribution in [3.63, 3.8) is 0 Å². The quantitative estimate of drug-likeness (QED) is 0.741. The molecule has 0 spiro atoms. The van der Waals surface area contributed by atoms with Gasteiger partial charge in [-0.3, -0.25) is 5.32 Å². The number of rotatable bonds is 5. The average Bonchev–Trinajstić information content (AvgIpc) is 2.74. The largest absolute Gasteiger partial charge is 0.453 e. The first-order valence-corrected chi connectivity index (χ1v) is 9.42. The Labute approximate surface area is 165 Å². The number of hydrogen-bond donors (Lipinski definition) is 3. The number of carbonyl (C=O) groups is 2. The summed E-state index contributed by atoms with van der Waals surface area (Å²) in [6.45, 7) is 2.29. The smallest absolute Gasteiger partial charge is 0.411 e. The van der Waals surface area contributed by atoms with Crippen molar-refractivity contribution in [1.29, 1.82) is 0 Å². The van der Waals surface area contributed by atoms with Gasteiger partial charge in [0.25, 0.3) is 0 Å². The van der Waals surface area contributed by atoms with Gasteiger partial charge >= 0.3 is 12.1 Å². The average molecular weight is 382 g/mol. The number of nitrogens with one attached hydrogen (secondary N) is 3. The number of hydrogen-bond acceptors (Lipinski definition) is 4. The van der Waals surface area contributed by atoms with E-state index in [0.717, 1.165) is 31.5 Å². The second kappa shape index (κ2) is 9.64. The number of ether oxygens (including phenoxy) is 1. The van der Waals surface area contributed by atoms with Crippen molar-refractivity contribution in [3.05, 3.63) is 60.2 Å². The molecular formula is C21H26N4O3. The molecule has 0 unspecified atom stereocenters. The predicted molar refractivity (Wildman–Crippen MR) is 110 cm³/mol. The predicted octanol–water partition coefficient (Wildman–Crippen LogP) is 3.33. The monoisotopic (exact) mass is 382 g/mol. The molecule has 7 heteroatoms. The topological polar surface area (TPSA) is 82.7 Å². The zero-order chi connectivity index (χ0) is 19.8. The fraction of sp³-hybridized carbons (Fsp3) is 0.333. The molecule has 1 aliphatic heterocycles. The van der Waals surface area contributed by atoms with Gasteiger partial charge in [-0.25, -0.2) is 9.59 Å². The molecule has 148 valence electrons. The van der Waals surface area contributed by atoms with Crippen LogP contribution in [0.15, 0.2) is 54.6 Å². The highest BCUT2D eigenvalue weighted by Crippen LogP contribution is 2.19. The number of amides is 3. The van der Waals surface area contributed by atoms with E-state index in [-0.39, 0.29) is 12.1 Å². The van der Waals surface area contributed by atoms with E-state index in [4.69, 9.17) is 0 Å². The Hall–Kier alpha value is -3.22. The zero-order valence-electron chi connectivity index (χ0n) is 16.0. The van der Waals surface area contributed by atoms with Crippen LogP contribution in [-0.2, 0) is 11.3 Å². The van der Waals surface area contributed by atoms with E-state index in [0.29, 0.717) is 12.2 Å². The van der Waals surface area contributed by atoms with Crippen LogP contribution in [0.3, 0.4) is 0 Å². The minimum atomic E-state index is -0.511. The van der Waals surface area contributed by atoms with Crippen LogP contribution in [0.4, 0.5) is 21.0 Å². The second-order valence-corrected chi connectivity index (χ2v) is 6.74. The maximum absolute atomic E-state index is 12.2. The first kappa shape index (κ1) is 19.5. The third-order valence-electron chi connectivity index (χ3n) is 4.79. The van der Waals surface area contributed by atoms with Gasteiger partial charge < -0.3 is 20.3 Å². The Morgan fingerprint density at radius 1 is 1.04 bits per heavy atom. The van der Waals surface area contributed by atoms with Crippen LogP contribution >= 0.6 is 0 Å². The fourth-order valence-electron chi connectivity index (χ4n) is 3.21. The molecule has 28 heavy (non-hydrogen) atoms. The second-order valence-electron chi connectivity index (χ2n) is 6.74. The summed E-state index contributed by atoms with van der Waals surface area (Å²) in [4.78, 5) is 25.7. The number of piperidine rings is 1. The number of nitrogens with zero attached hydrogens (tertiary/aromatic N) is 1. The van der Waals surface area contributed by atoms with E-state index < -0.39 is 6.09 Å². The van der Waals surface area contributed by atoms with Crippen molar-refractivity contribution >= 4 is 23.5 Å². The lowest BCUT2D eigenvalue weighted by molar-refractivity contribution is 0.187. The summed E-state index contributed by atoms with van der Waals surface area (Å²) in [5.74, 6) is 0. The first-order chi connectivity index (χ1) is 13.6. The highest BCUT2D eigenvalue weighted by atomic mass is 16.5. The lowest BCUT2D eigenvalue weighted by atomic mass is 10.0. The number of urea groups is 1. The zero-order valence-corrected chi connectivity index (χ0v) is 16.0. The number of methoxy groups -OCH3 is 1. The number of anilines is 2. The van der Waals surface area contributed by atoms with E-state index in [1.807, 2.05) is 30.3 Å². The summed E-state index contributed by atoms with van der Waals surface area (Å²) in [5, 5.41) is 8.53. The van der Waals surface area contributed by atoms with Gasteiger partial charge in [0.05, 0.1) is 7.11 Å². The van der Waals surface area contributed by atoms with Crippen molar-refractivity contribution in [2.24, 2.45) is 0 Å². The number of carbonyl (C=O) groups excluding carboxylic acids is 2. The Morgan fingerprint density at radius 2 is 1.71 bits per heavy atom. The normalized spacial score (nSPS) is 14.2. The SMILES string of the molecule is COC(=O)Nc1ccc(CNC(=O)NC2CCN(c3ccccc3)CC2)cc1. The van der Waals surface area contributed by atoms with Crippen molar-refractivity contribution in [2.45, 2.75) is 25.4 Å². The first-order valence-electron chi connectivity index (χ1n) is 9.42. The van der Waals surface area contributed by atoms with Gasteiger partial charge in [0.2, 0.25) is 0 Å². The van der Waals surface area contributed by atoms with Gasteiger partial charge in [-0.2, -0.15) is 0 Å². The molecule has 3 N–H and O–H groups in total. The van der Waals surface area contributed by atoms with Gasteiger partial charge in [0.15, 0.2) is 0 Å². The van der Waals surface area contributed by atoms with Crippen molar-refractivity contribution < 1.29 is 14.3 Å². The minimum Gasteiger partial charge on any atom is -0.453 e. The number of benzene rings is 2. The third kappa shape index (κ3) is 5.64. The molecule has 2 aromatic carbocycles. The Balaban J connectivity index is 1.38. The van der Waals surface area contributed by atoms with Gasteiger partial charge in [-0.15, -0.1) is 0 Å². The van der Waals surface area contributed by atoms with E-state index in [1.165, 1.54) is 12.8 Å². The summed E-state index contributed by atoms with van der Waals surface area (Å²) in [7, 11) is 1.32. The molecule has 0 aromatic heterocycles. The summed E-state index contributed by atoms with van der Waals surface area (Å²) >= 11 is 0. The summed E-state index contributed by atoms with van der Waals surface area (Å²) < 4.78 is 4.55. The standard InChI is InChI=1S/C21H26N4O3/c1-28-21(27)24-17-9-7-16(8-10-17)15-22-20(26)23-18-11-13-25(14-12-18)19-5-3-2-4-6-19/h2-10,18H,11-15H2,1H3,(H,24,27)(H2,22,23,26). The van der Waals surface area contributed by atoms with Crippen LogP contribution in [0.5, 0.6) is 0 Å². The van der Waals surface area contributed by atoms with Crippen LogP contribution in [0.25, 0.3) is 0 Å². The Bertz CT molecular complexity index is 772. The fourth-order valence-corrected chi connectivity index (χ4v) is 3.21. The highest BCUT2D eigenvalue weighted by Gasteiger charge is 2.20. The van der Waals surface area contributed by atoms with E-state index >= 15 is 0 Å². The molecule has 1 heterocycles. The lowest BCUT2D eigenvalue weighted by Gasteiger charge is -2.34. The summed E-state index contributed by atoms with van der Waals surface area (Å²) in [5.41, 5.74) is 2.82. The van der Waals surface area contributed by atoms with Crippen LogP contribution in [0.2, 0.25) is 0 Å². The summed E-state index contributed by atoms with van der Waals surface area (Å²) in [6.07, 6.45) is 1.34. The maximum Gasteiger partial charge on any atom is 0.411 e. The van der Waals surface area contributed by atoms with Crippen LogP contribution in [0, 0.1) is 0 Å². The molecule has 0 saturated carbocycles. The molecule has 3 rings (SSSR count). The van der Waals surface area contributed by atoms with E-state index in [9.17, 15) is 9.59 Å². The molecule has 0 atom stereocenters. The summed E-state index contributed by atoms with van der Waals surface area (Å²) in [6, 6.07) is 17.6. The van der Waals surface area contributed by atoms with Gasteiger partial charge in [0.1, 0.15) is 0 Å². The molecule has 0 radical (unpaired) electrons. The van der Waals surface area contributed by atoms with Crippen molar-refractivity contribution in [2.75, 3.05) is 30.4 Å². The number of para-hydroxylation sites is 1.